The molecule has 0 unspecified atom stereocenters. The summed E-state index contributed by atoms with van der Waals surface area (Å²) in [6, 6.07) is 10.1. The third kappa shape index (κ3) is 3.55. The van der Waals surface area contributed by atoms with Crippen molar-refractivity contribution in [2.75, 3.05) is 0 Å². The van der Waals surface area contributed by atoms with Gasteiger partial charge in [-0.05, 0) is 49.7 Å². The summed E-state index contributed by atoms with van der Waals surface area (Å²) in [5.74, 6) is -0.442. The highest BCUT2D eigenvalue weighted by Crippen LogP contribution is 2.36. The second-order valence-electron chi connectivity index (χ2n) is 6.95. The molecule has 4 nitrogen and oxygen atoms in total. The van der Waals surface area contributed by atoms with E-state index in [0.29, 0.717) is 16.9 Å². The summed E-state index contributed by atoms with van der Waals surface area (Å²) >= 11 is 4.47. The fourth-order valence-corrected chi connectivity index (χ4v) is 4.11. The molecule has 150 valence electrons. The summed E-state index contributed by atoms with van der Waals surface area (Å²) in [6.07, 6.45) is -4.61. The number of nitrogens with zero attached hydrogens (tertiary/aromatic N) is 4. The van der Waals surface area contributed by atoms with Crippen molar-refractivity contribution in [3.05, 3.63) is 69.7 Å². The van der Waals surface area contributed by atoms with Gasteiger partial charge >= 0.3 is 6.18 Å². The van der Waals surface area contributed by atoms with Gasteiger partial charge in [-0.25, -0.2) is 4.39 Å². The molecule has 0 atom stereocenters. The van der Waals surface area contributed by atoms with Gasteiger partial charge in [0.15, 0.2) is 10.8 Å². The molecule has 4 rings (SSSR count). The summed E-state index contributed by atoms with van der Waals surface area (Å²) in [5.41, 5.74) is -0.630. The van der Waals surface area contributed by atoms with E-state index in [-0.39, 0.29) is 10.6 Å². The van der Waals surface area contributed by atoms with Crippen LogP contribution < -0.4 is 0 Å². The van der Waals surface area contributed by atoms with Crippen LogP contribution in [0.4, 0.5) is 17.6 Å². The molecule has 2 aromatic carbocycles. The third-order valence-electron chi connectivity index (χ3n) is 4.64. The number of halogens is 5. The lowest BCUT2D eigenvalue weighted by atomic mass is 9.84. The number of benzene rings is 2. The van der Waals surface area contributed by atoms with E-state index in [1.54, 1.807) is 0 Å². The van der Waals surface area contributed by atoms with E-state index in [0.717, 1.165) is 33.5 Å². The van der Waals surface area contributed by atoms with E-state index in [1.165, 1.54) is 4.52 Å². The zero-order chi connectivity index (χ0) is 21.0. The molecule has 0 saturated heterocycles. The lowest BCUT2D eigenvalue weighted by Gasteiger charge is -2.22. The Bertz CT molecular complexity index is 1200. The predicted molar refractivity (Wildman–Crippen MR) is 105 cm³/mol. The summed E-state index contributed by atoms with van der Waals surface area (Å²) < 4.78 is 55.2. The van der Waals surface area contributed by atoms with E-state index in [9.17, 15) is 17.6 Å². The molecule has 0 aliphatic carbocycles. The Morgan fingerprint density at radius 2 is 1.62 bits per heavy atom. The molecule has 4 aromatic rings. The van der Waals surface area contributed by atoms with Crippen LogP contribution in [0.25, 0.3) is 15.5 Å². The van der Waals surface area contributed by atoms with Gasteiger partial charge in [-0.3, -0.25) is 0 Å². The summed E-state index contributed by atoms with van der Waals surface area (Å²) in [4.78, 5) is 0.430. The van der Waals surface area contributed by atoms with Gasteiger partial charge in [-0.2, -0.15) is 22.8 Å². The van der Waals surface area contributed by atoms with Crippen LogP contribution in [-0.4, -0.2) is 19.8 Å². The van der Waals surface area contributed by atoms with Gasteiger partial charge < -0.3 is 0 Å². The van der Waals surface area contributed by atoms with Crippen molar-refractivity contribution in [3.8, 4) is 10.6 Å². The van der Waals surface area contributed by atoms with Crippen molar-refractivity contribution >= 4 is 32.2 Å². The van der Waals surface area contributed by atoms with Crippen molar-refractivity contribution in [1.82, 2.24) is 19.8 Å². The van der Waals surface area contributed by atoms with Gasteiger partial charge in [0.2, 0.25) is 4.96 Å². The highest BCUT2D eigenvalue weighted by molar-refractivity contribution is 9.10. The van der Waals surface area contributed by atoms with Gasteiger partial charge in [0, 0.05) is 10.0 Å². The molecule has 0 saturated carbocycles. The van der Waals surface area contributed by atoms with Crippen molar-refractivity contribution in [1.29, 1.82) is 0 Å². The molecule has 0 N–H and O–H groups in total. The van der Waals surface area contributed by atoms with Gasteiger partial charge in [0.25, 0.3) is 0 Å². The van der Waals surface area contributed by atoms with Gasteiger partial charge in [-0.15, -0.1) is 10.2 Å². The van der Waals surface area contributed by atoms with Crippen LogP contribution in [0.5, 0.6) is 0 Å². The van der Waals surface area contributed by atoms with E-state index in [2.05, 4.69) is 31.2 Å². The average Bonchev–Trinajstić information content (AvgIpc) is 3.21. The van der Waals surface area contributed by atoms with E-state index >= 15 is 0 Å². The monoisotopic (exact) mass is 484 g/mol. The topological polar surface area (TPSA) is 43.1 Å². The lowest BCUT2D eigenvalue weighted by Crippen LogP contribution is -2.22. The van der Waals surface area contributed by atoms with Crippen LogP contribution >= 0.6 is 27.3 Å². The van der Waals surface area contributed by atoms with Crippen LogP contribution in [-0.2, 0) is 11.6 Å². The number of hydrogen-bond donors (Lipinski definition) is 0. The fraction of sp³-hybridized carbons (Fsp3) is 0.211. The maximum absolute atomic E-state index is 14.4. The van der Waals surface area contributed by atoms with Crippen LogP contribution in [0.3, 0.4) is 0 Å². The smallest absolute Gasteiger partial charge is 0.206 e. The molecule has 0 fully saturated rings. The second-order valence-corrected chi connectivity index (χ2v) is 8.82. The molecule has 0 aliphatic heterocycles. The number of hydrogen-bond acceptors (Lipinski definition) is 4. The van der Waals surface area contributed by atoms with E-state index in [1.807, 2.05) is 38.1 Å². The molecule has 29 heavy (non-hydrogen) atoms. The fourth-order valence-electron chi connectivity index (χ4n) is 2.98. The zero-order valence-corrected chi connectivity index (χ0v) is 17.5. The minimum Gasteiger partial charge on any atom is -0.206 e. The largest absolute Gasteiger partial charge is 0.416 e. The van der Waals surface area contributed by atoms with E-state index in [4.69, 9.17) is 0 Å². The van der Waals surface area contributed by atoms with Crippen molar-refractivity contribution in [2.45, 2.75) is 25.4 Å². The molecule has 10 heteroatoms. The molecule has 0 radical (unpaired) electrons. The maximum atomic E-state index is 14.4. The Morgan fingerprint density at radius 1 is 0.966 bits per heavy atom. The van der Waals surface area contributed by atoms with Crippen LogP contribution in [0.15, 0.2) is 46.9 Å². The molecule has 2 aromatic heterocycles. The van der Waals surface area contributed by atoms with Gasteiger partial charge in [0.1, 0.15) is 5.82 Å². The normalized spacial score (nSPS) is 12.7. The standard InChI is InChI=1S/C19H13BrF4N4S/c1-18(2,10-3-6-12(20)7-4-10)16-25-26-17-28(16)27-15(29-17)13-8-5-11(9-14(13)21)19(22,23)24/h3-9H,1-2H3. The first-order chi connectivity index (χ1) is 13.6. The SMILES string of the molecule is CC(C)(c1ccc(Br)cc1)c1nnc2sc(-c3ccc(C(F)(F)F)cc3F)nn12. The Balaban J connectivity index is 1.78. The molecular formula is C19H13BrF4N4S. The van der Waals surface area contributed by atoms with Gasteiger partial charge in [0.05, 0.1) is 11.0 Å². The Morgan fingerprint density at radius 3 is 2.24 bits per heavy atom. The molecule has 2 heterocycles. The zero-order valence-electron chi connectivity index (χ0n) is 15.1. The van der Waals surface area contributed by atoms with Crippen molar-refractivity contribution in [3.63, 3.8) is 0 Å². The first-order valence-electron chi connectivity index (χ1n) is 8.43. The summed E-state index contributed by atoms with van der Waals surface area (Å²) in [5, 5.41) is 13.0. The van der Waals surface area contributed by atoms with Gasteiger partial charge in [-0.1, -0.05) is 39.4 Å². The highest BCUT2D eigenvalue weighted by atomic mass is 79.9. The predicted octanol–water partition coefficient (Wildman–Crippen LogP) is 6.10. The highest BCUT2D eigenvalue weighted by Gasteiger charge is 2.33. The average molecular weight is 485 g/mol. The van der Waals surface area contributed by atoms with Crippen molar-refractivity contribution < 1.29 is 17.6 Å². The van der Waals surface area contributed by atoms with Crippen LogP contribution in [0.2, 0.25) is 0 Å². The minimum absolute atomic E-state index is 0.0131. The van der Waals surface area contributed by atoms with Crippen LogP contribution in [0, 0.1) is 5.82 Å². The molecular weight excluding hydrogens is 472 g/mol. The Kier molecular flexibility index (Phi) is 4.73. The summed E-state index contributed by atoms with van der Waals surface area (Å²) in [7, 11) is 0. The molecule has 0 aliphatic rings. The summed E-state index contributed by atoms with van der Waals surface area (Å²) in [6.45, 7) is 3.93. The van der Waals surface area contributed by atoms with E-state index < -0.39 is 23.0 Å². The van der Waals surface area contributed by atoms with Crippen LogP contribution in [0.1, 0.15) is 30.8 Å². The first kappa shape index (κ1) is 20.0. The quantitative estimate of drug-likeness (QED) is 0.330. The Labute approximate surface area is 175 Å². The molecule has 0 spiro atoms. The number of fused-ring (bicyclic) bond motifs is 1. The number of alkyl halides is 3. The number of rotatable bonds is 3. The molecule has 0 bridgehead atoms. The number of aromatic nitrogens is 4. The van der Waals surface area contributed by atoms with Crippen molar-refractivity contribution in [2.24, 2.45) is 0 Å². The third-order valence-corrected chi connectivity index (χ3v) is 6.10. The molecule has 0 amide bonds. The minimum atomic E-state index is -4.61. The Hall–Kier alpha value is -2.33. The lowest BCUT2D eigenvalue weighted by molar-refractivity contribution is -0.137. The second kappa shape index (κ2) is 6.88. The maximum Gasteiger partial charge on any atom is 0.416 e. The first-order valence-corrected chi connectivity index (χ1v) is 10.0.